The zero-order valence-corrected chi connectivity index (χ0v) is 10.3. The molecule has 1 aliphatic rings. The van der Waals surface area contributed by atoms with Crippen LogP contribution in [-0.2, 0) is 4.79 Å². The van der Waals surface area contributed by atoms with E-state index in [9.17, 15) is 13.6 Å². The second-order valence-electron chi connectivity index (χ2n) is 4.22. The number of hydrogen-bond acceptors (Lipinski definition) is 3. The molecule has 1 fully saturated rings. The highest BCUT2D eigenvalue weighted by Crippen LogP contribution is 2.24. The first-order valence-electron chi connectivity index (χ1n) is 5.63. The second-order valence-corrected chi connectivity index (χ2v) is 5.31. The third-order valence-electron chi connectivity index (χ3n) is 2.62. The van der Waals surface area contributed by atoms with Crippen molar-refractivity contribution in [3.05, 3.63) is 29.8 Å². The van der Waals surface area contributed by atoms with Crippen LogP contribution in [0.5, 0.6) is 0 Å². The van der Waals surface area contributed by atoms with Crippen LogP contribution < -0.4 is 5.32 Å². The highest BCUT2D eigenvalue weighted by Gasteiger charge is 2.28. The van der Waals surface area contributed by atoms with Crippen LogP contribution in [0.2, 0.25) is 0 Å². The average molecular weight is 273 g/mol. The number of rotatable bonds is 6. The number of carboxylic acid groups (broad SMARTS) is 1. The normalized spacial score (nSPS) is 16.6. The van der Waals surface area contributed by atoms with Gasteiger partial charge in [-0.3, -0.25) is 4.79 Å². The molecule has 1 atom stereocenters. The lowest BCUT2D eigenvalue weighted by molar-refractivity contribution is -0.138. The Hall–Kier alpha value is -1.14. The van der Waals surface area contributed by atoms with Crippen LogP contribution >= 0.6 is 11.8 Å². The molecule has 6 heteroatoms. The number of carbonyl (C=O) groups is 1. The first-order valence-corrected chi connectivity index (χ1v) is 6.61. The van der Waals surface area contributed by atoms with E-state index in [0.29, 0.717) is 4.90 Å². The summed E-state index contributed by atoms with van der Waals surface area (Å²) >= 11 is 1.20. The summed E-state index contributed by atoms with van der Waals surface area (Å²) in [5.74, 6) is -2.44. The minimum atomic E-state index is -0.919. The summed E-state index contributed by atoms with van der Waals surface area (Å²) in [5, 5.41) is 12.0. The molecular weight excluding hydrogens is 260 g/mol. The molecular formula is C12H13F2NO2S. The van der Waals surface area contributed by atoms with E-state index in [2.05, 4.69) is 5.32 Å². The Morgan fingerprint density at radius 2 is 2.17 bits per heavy atom. The summed E-state index contributed by atoms with van der Waals surface area (Å²) in [4.78, 5) is 11.5. The molecule has 1 aliphatic carbocycles. The predicted molar refractivity (Wildman–Crippen MR) is 64.7 cm³/mol. The van der Waals surface area contributed by atoms with Gasteiger partial charge >= 0.3 is 5.97 Å². The molecule has 1 saturated carbocycles. The van der Waals surface area contributed by atoms with E-state index in [1.165, 1.54) is 17.8 Å². The number of carboxylic acids is 1. The largest absolute Gasteiger partial charge is 0.480 e. The van der Waals surface area contributed by atoms with Gasteiger partial charge in [0.15, 0.2) is 11.6 Å². The van der Waals surface area contributed by atoms with E-state index in [1.54, 1.807) is 0 Å². The molecule has 1 aromatic rings. The van der Waals surface area contributed by atoms with Crippen molar-refractivity contribution in [1.29, 1.82) is 0 Å². The van der Waals surface area contributed by atoms with Gasteiger partial charge in [0.1, 0.15) is 6.04 Å². The third-order valence-corrected chi connectivity index (χ3v) is 3.71. The minimum Gasteiger partial charge on any atom is -0.480 e. The van der Waals surface area contributed by atoms with Crippen molar-refractivity contribution in [3.63, 3.8) is 0 Å². The molecule has 3 nitrogen and oxygen atoms in total. The lowest BCUT2D eigenvalue weighted by Crippen LogP contribution is -2.40. The van der Waals surface area contributed by atoms with Crippen LogP contribution in [0.4, 0.5) is 8.78 Å². The molecule has 0 radical (unpaired) electrons. The smallest absolute Gasteiger partial charge is 0.321 e. The molecule has 0 aliphatic heterocycles. The monoisotopic (exact) mass is 273 g/mol. The van der Waals surface area contributed by atoms with Crippen LogP contribution in [0.25, 0.3) is 0 Å². The highest BCUT2D eigenvalue weighted by molar-refractivity contribution is 7.99. The van der Waals surface area contributed by atoms with Gasteiger partial charge in [0, 0.05) is 16.7 Å². The maximum atomic E-state index is 13.0. The summed E-state index contributed by atoms with van der Waals surface area (Å²) in [6.45, 7) is 0. The van der Waals surface area contributed by atoms with E-state index < -0.39 is 23.6 Å². The zero-order chi connectivity index (χ0) is 13.1. The van der Waals surface area contributed by atoms with Gasteiger partial charge in [-0.05, 0) is 31.0 Å². The van der Waals surface area contributed by atoms with Crippen molar-refractivity contribution >= 4 is 17.7 Å². The van der Waals surface area contributed by atoms with Crippen molar-refractivity contribution < 1.29 is 18.7 Å². The van der Waals surface area contributed by atoms with E-state index in [1.807, 2.05) is 0 Å². The fourth-order valence-corrected chi connectivity index (χ4v) is 2.42. The highest BCUT2D eigenvalue weighted by atomic mass is 32.2. The van der Waals surface area contributed by atoms with Gasteiger partial charge in [0.2, 0.25) is 0 Å². The van der Waals surface area contributed by atoms with Crippen LogP contribution in [0.1, 0.15) is 12.8 Å². The molecule has 1 unspecified atom stereocenters. The quantitative estimate of drug-likeness (QED) is 0.781. The Kier molecular flexibility index (Phi) is 4.19. The van der Waals surface area contributed by atoms with Crippen LogP contribution in [0.15, 0.2) is 23.1 Å². The van der Waals surface area contributed by atoms with E-state index >= 15 is 0 Å². The second kappa shape index (κ2) is 5.67. The van der Waals surface area contributed by atoms with Gasteiger partial charge < -0.3 is 10.4 Å². The fourth-order valence-electron chi connectivity index (χ4n) is 1.47. The average Bonchev–Trinajstić information content (AvgIpc) is 3.12. The SMILES string of the molecule is O=C(O)C(CSc1ccc(F)c(F)c1)NC1CC1. The van der Waals surface area contributed by atoms with Crippen molar-refractivity contribution in [2.45, 2.75) is 29.8 Å². The van der Waals surface area contributed by atoms with Crippen LogP contribution in [0.3, 0.4) is 0 Å². The van der Waals surface area contributed by atoms with Gasteiger partial charge in [-0.15, -0.1) is 11.8 Å². The number of halogens is 2. The minimum absolute atomic E-state index is 0.289. The molecule has 0 spiro atoms. The Balaban J connectivity index is 1.91. The van der Waals surface area contributed by atoms with Crippen molar-refractivity contribution in [2.24, 2.45) is 0 Å². The Labute approximate surface area is 108 Å². The van der Waals surface area contributed by atoms with Gasteiger partial charge in [-0.1, -0.05) is 0 Å². The van der Waals surface area contributed by atoms with Gasteiger partial charge in [0.25, 0.3) is 0 Å². The zero-order valence-electron chi connectivity index (χ0n) is 9.53. The van der Waals surface area contributed by atoms with E-state index in [4.69, 9.17) is 5.11 Å². The number of aliphatic carboxylic acids is 1. The Morgan fingerprint density at radius 3 is 2.72 bits per heavy atom. The lowest BCUT2D eigenvalue weighted by Gasteiger charge is -2.13. The van der Waals surface area contributed by atoms with Crippen molar-refractivity contribution in [3.8, 4) is 0 Å². The lowest BCUT2D eigenvalue weighted by atomic mass is 10.3. The van der Waals surface area contributed by atoms with Crippen LogP contribution in [0, 0.1) is 11.6 Å². The molecule has 2 rings (SSSR count). The maximum absolute atomic E-state index is 13.0. The topological polar surface area (TPSA) is 49.3 Å². The summed E-state index contributed by atoms with van der Waals surface area (Å²) < 4.78 is 25.7. The van der Waals surface area contributed by atoms with Crippen molar-refractivity contribution in [1.82, 2.24) is 5.32 Å². The van der Waals surface area contributed by atoms with Gasteiger partial charge in [-0.2, -0.15) is 0 Å². The summed E-state index contributed by atoms with van der Waals surface area (Å²) in [5.41, 5.74) is 0. The molecule has 2 N–H and O–H groups in total. The molecule has 18 heavy (non-hydrogen) atoms. The third kappa shape index (κ3) is 3.68. The fraction of sp³-hybridized carbons (Fsp3) is 0.417. The maximum Gasteiger partial charge on any atom is 0.321 e. The van der Waals surface area contributed by atoms with E-state index in [-0.39, 0.29) is 11.8 Å². The molecule has 0 saturated heterocycles. The number of benzene rings is 1. The molecule has 0 bridgehead atoms. The first-order chi connectivity index (χ1) is 8.56. The standard InChI is InChI=1S/C12H13F2NO2S/c13-9-4-3-8(5-10(9)14)18-6-11(12(16)17)15-7-1-2-7/h3-5,7,11,15H,1-2,6H2,(H,16,17). The van der Waals surface area contributed by atoms with Crippen molar-refractivity contribution in [2.75, 3.05) is 5.75 Å². The van der Waals surface area contributed by atoms with Gasteiger partial charge in [0.05, 0.1) is 0 Å². The number of thioether (sulfide) groups is 1. The summed E-state index contributed by atoms with van der Waals surface area (Å²) in [6.07, 6.45) is 2.00. The summed E-state index contributed by atoms with van der Waals surface area (Å²) in [7, 11) is 0. The Bertz CT molecular complexity index is 452. The number of hydrogen-bond donors (Lipinski definition) is 2. The van der Waals surface area contributed by atoms with Crippen LogP contribution in [-0.4, -0.2) is 28.9 Å². The van der Waals surface area contributed by atoms with E-state index in [0.717, 1.165) is 25.0 Å². The predicted octanol–water partition coefficient (Wildman–Crippen LogP) is 2.26. The molecule has 0 amide bonds. The molecule has 1 aromatic carbocycles. The molecule has 0 heterocycles. The summed E-state index contributed by atoms with van der Waals surface area (Å²) in [6, 6.07) is 3.20. The number of nitrogens with one attached hydrogen (secondary N) is 1. The Morgan fingerprint density at radius 1 is 1.44 bits per heavy atom. The first kappa shape index (κ1) is 13.3. The molecule has 0 aromatic heterocycles. The van der Waals surface area contributed by atoms with Gasteiger partial charge in [-0.25, -0.2) is 8.78 Å². The molecule has 98 valence electrons.